The van der Waals surface area contributed by atoms with Crippen molar-refractivity contribution in [3.63, 3.8) is 0 Å². The van der Waals surface area contributed by atoms with E-state index in [2.05, 4.69) is 78.8 Å². The van der Waals surface area contributed by atoms with Gasteiger partial charge in [-0.3, -0.25) is 9.35 Å². The predicted octanol–water partition coefficient (Wildman–Crippen LogP) is 10.1. The summed E-state index contributed by atoms with van der Waals surface area (Å²) in [6.07, 6.45) is 39.8. The zero-order chi connectivity index (χ0) is 44.7. The van der Waals surface area contributed by atoms with E-state index in [1.807, 2.05) is 0 Å². The molecule has 1 heterocycles. The number of rotatable bonds is 40. The van der Waals surface area contributed by atoms with Gasteiger partial charge in [0.1, 0.15) is 30.5 Å². The van der Waals surface area contributed by atoms with Crippen molar-refractivity contribution in [2.75, 3.05) is 26.4 Å². The van der Waals surface area contributed by atoms with E-state index in [4.69, 9.17) is 23.5 Å². The van der Waals surface area contributed by atoms with Gasteiger partial charge < -0.3 is 34.3 Å². The number of allylic oxidation sites excluding steroid dienone is 10. The molecule has 12 nitrogen and oxygen atoms in total. The molecule has 4 N–H and O–H groups in total. The number of hydrogen-bond acceptors (Lipinski definition) is 11. The zero-order valence-corrected chi connectivity index (χ0v) is 38.5. The fourth-order valence-corrected chi connectivity index (χ4v) is 7.38. The largest absolute Gasteiger partial charge is 0.457 e. The Morgan fingerprint density at radius 2 is 1.13 bits per heavy atom. The van der Waals surface area contributed by atoms with Gasteiger partial charge in [0.2, 0.25) is 0 Å². The molecule has 1 rings (SSSR count). The second-order valence-corrected chi connectivity index (χ2v) is 17.0. The molecule has 0 aromatic rings. The number of aliphatic hydroxyl groups is 3. The van der Waals surface area contributed by atoms with Gasteiger partial charge in [0.25, 0.3) is 0 Å². The van der Waals surface area contributed by atoms with E-state index in [9.17, 15) is 28.5 Å². The fraction of sp³-hybridized carbons (Fsp3) is 0.771. The van der Waals surface area contributed by atoms with Crippen molar-refractivity contribution in [3.8, 4) is 0 Å². The Hall–Kier alpha value is -2.20. The van der Waals surface area contributed by atoms with Crippen LogP contribution in [0.5, 0.6) is 0 Å². The number of aliphatic hydroxyl groups excluding tert-OH is 3. The third-order valence-corrected chi connectivity index (χ3v) is 10.9. The molecule has 354 valence electrons. The van der Waals surface area contributed by atoms with E-state index >= 15 is 0 Å². The highest BCUT2D eigenvalue weighted by molar-refractivity contribution is 7.80. The Bertz CT molecular complexity index is 1300. The van der Waals surface area contributed by atoms with Crippen molar-refractivity contribution in [2.45, 2.75) is 211 Å². The lowest BCUT2D eigenvalue weighted by Crippen LogP contribution is -2.60. The number of hydrogen-bond donors (Lipinski definition) is 4. The molecular formula is C48H84O12S. The topological polar surface area (TPSA) is 178 Å². The molecule has 0 amide bonds. The summed E-state index contributed by atoms with van der Waals surface area (Å²) in [5, 5.41) is 30.6. The molecule has 0 radical (unpaired) electrons. The van der Waals surface area contributed by atoms with Crippen LogP contribution in [0.2, 0.25) is 0 Å². The highest BCUT2D eigenvalue weighted by atomic mass is 32.3. The first kappa shape index (κ1) is 56.8. The number of ether oxygens (including phenoxy) is 4. The number of carbonyl (C=O) groups is 1. The zero-order valence-electron chi connectivity index (χ0n) is 37.7. The third kappa shape index (κ3) is 33.0. The van der Waals surface area contributed by atoms with Crippen LogP contribution in [0.1, 0.15) is 174 Å². The maximum absolute atomic E-state index is 12.8. The summed E-state index contributed by atoms with van der Waals surface area (Å²) in [4.78, 5) is 12.8. The van der Waals surface area contributed by atoms with Crippen LogP contribution in [0.4, 0.5) is 0 Å². The summed E-state index contributed by atoms with van der Waals surface area (Å²) in [5.41, 5.74) is 0. The molecular weight excluding hydrogens is 801 g/mol. The quantitative estimate of drug-likeness (QED) is 0.0198. The molecule has 0 bridgehead atoms. The molecule has 13 heteroatoms. The predicted molar refractivity (Wildman–Crippen MR) is 243 cm³/mol. The van der Waals surface area contributed by atoms with Gasteiger partial charge in [0.05, 0.1) is 19.8 Å². The summed E-state index contributed by atoms with van der Waals surface area (Å²) in [6.45, 7) is 3.83. The molecule has 61 heavy (non-hydrogen) atoms. The van der Waals surface area contributed by atoms with Crippen LogP contribution in [-0.4, -0.2) is 97.5 Å². The van der Waals surface area contributed by atoms with Crippen molar-refractivity contribution < 1.29 is 56.2 Å². The van der Waals surface area contributed by atoms with Crippen molar-refractivity contribution in [3.05, 3.63) is 60.8 Å². The number of unbranched alkanes of at least 4 members (excludes halogenated alkanes) is 17. The average molecular weight is 885 g/mol. The fourth-order valence-electron chi connectivity index (χ4n) is 6.88. The van der Waals surface area contributed by atoms with E-state index < -0.39 is 59.8 Å². The van der Waals surface area contributed by atoms with Crippen LogP contribution in [-0.2, 0) is 38.3 Å². The number of esters is 1. The first-order valence-electron chi connectivity index (χ1n) is 23.5. The van der Waals surface area contributed by atoms with Gasteiger partial charge in [-0.1, -0.05) is 171 Å². The lowest BCUT2D eigenvalue weighted by molar-refractivity contribution is -0.301. The standard InChI is InChI=1S/C48H84O12S/c1-3-5-7-9-11-13-15-16-17-18-19-20-21-22-23-24-25-26-27-28-30-32-34-36-38-56-40-42(58-44(50)37-35-33-31-29-14-12-10-8-6-4-2)41-57-48-46(52)47(60-61(53,54)55)45(51)43(39-49)59-48/h5,7,11,13,16-17,19-20,22-23,42-43,45-49,51-52H,3-4,6,8-10,12,14-15,18,21,24-41H2,1-2H3,(H,53,54,55)/b7-5-,13-11-,17-16-,20-19-,23-22-. The van der Waals surface area contributed by atoms with Gasteiger partial charge in [0, 0.05) is 13.0 Å². The first-order valence-corrected chi connectivity index (χ1v) is 24.9. The summed E-state index contributed by atoms with van der Waals surface area (Å²) in [6, 6.07) is 0. The lowest BCUT2D eigenvalue weighted by atomic mass is 9.99. The van der Waals surface area contributed by atoms with E-state index in [1.54, 1.807) is 0 Å². The van der Waals surface area contributed by atoms with Crippen LogP contribution in [0.15, 0.2) is 60.8 Å². The second kappa shape index (κ2) is 39.4. The van der Waals surface area contributed by atoms with Gasteiger partial charge >= 0.3 is 16.4 Å². The van der Waals surface area contributed by atoms with Gasteiger partial charge in [-0.05, 0) is 57.8 Å². The van der Waals surface area contributed by atoms with E-state index in [0.29, 0.717) is 13.0 Å². The molecule has 6 unspecified atom stereocenters. The van der Waals surface area contributed by atoms with E-state index in [0.717, 1.165) is 77.0 Å². The summed E-state index contributed by atoms with van der Waals surface area (Å²) >= 11 is 0. The molecule has 6 atom stereocenters. The van der Waals surface area contributed by atoms with Crippen molar-refractivity contribution in [1.29, 1.82) is 0 Å². The molecule has 0 saturated carbocycles. The first-order chi connectivity index (χ1) is 29.6. The smallest absolute Gasteiger partial charge is 0.397 e. The lowest BCUT2D eigenvalue weighted by Gasteiger charge is -2.41. The average Bonchev–Trinajstić information content (AvgIpc) is 3.23. The molecule has 0 aromatic carbocycles. The van der Waals surface area contributed by atoms with E-state index in [1.165, 1.54) is 70.6 Å². The van der Waals surface area contributed by atoms with Crippen LogP contribution >= 0.6 is 0 Å². The van der Waals surface area contributed by atoms with Crippen molar-refractivity contribution in [2.24, 2.45) is 0 Å². The molecule has 1 fully saturated rings. The minimum atomic E-state index is -5.06. The van der Waals surface area contributed by atoms with Crippen LogP contribution in [0.25, 0.3) is 0 Å². The summed E-state index contributed by atoms with van der Waals surface area (Å²) in [7, 11) is -5.06. The Morgan fingerprint density at radius 1 is 0.639 bits per heavy atom. The SMILES string of the molecule is CC/C=C\C/C=C\C/C=C\C/C=C\C/C=C\CCCCCCCCCCOCC(COC1OC(CO)C(O)C(OS(=O)(=O)O)C1O)OC(=O)CCCCCCCCCCCC. The van der Waals surface area contributed by atoms with Crippen LogP contribution < -0.4 is 0 Å². The Kier molecular flexibility index (Phi) is 36.7. The maximum Gasteiger partial charge on any atom is 0.397 e. The molecule has 0 aromatic heterocycles. The number of carbonyl (C=O) groups excluding carboxylic acids is 1. The van der Waals surface area contributed by atoms with E-state index in [-0.39, 0.29) is 19.6 Å². The van der Waals surface area contributed by atoms with Crippen LogP contribution in [0, 0.1) is 0 Å². The van der Waals surface area contributed by atoms with Crippen molar-refractivity contribution in [1.82, 2.24) is 0 Å². The van der Waals surface area contributed by atoms with Gasteiger partial charge in [-0.25, -0.2) is 4.18 Å². The van der Waals surface area contributed by atoms with Gasteiger partial charge in [-0.15, -0.1) is 0 Å². The second-order valence-electron chi connectivity index (χ2n) is 16.0. The summed E-state index contributed by atoms with van der Waals surface area (Å²) < 4.78 is 59.0. The molecule has 1 aliphatic heterocycles. The molecule has 1 aliphatic rings. The maximum atomic E-state index is 12.8. The normalized spacial score (nSPS) is 20.7. The minimum Gasteiger partial charge on any atom is -0.457 e. The molecule has 0 aliphatic carbocycles. The van der Waals surface area contributed by atoms with Gasteiger partial charge in [0.15, 0.2) is 6.29 Å². The molecule has 1 saturated heterocycles. The highest BCUT2D eigenvalue weighted by Gasteiger charge is 2.48. The third-order valence-electron chi connectivity index (χ3n) is 10.4. The van der Waals surface area contributed by atoms with Crippen LogP contribution in [0.3, 0.4) is 0 Å². The van der Waals surface area contributed by atoms with Gasteiger partial charge in [-0.2, -0.15) is 8.42 Å². The Labute approximate surface area is 369 Å². The highest BCUT2D eigenvalue weighted by Crippen LogP contribution is 2.26. The monoisotopic (exact) mass is 885 g/mol. The molecule has 0 spiro atoms. The summed E-state index contributed by atoms with van der Waals surface area (Å²) in [5.74, 6) is -0.407. The Morgan fingerprint density at radius 3 is 1.66 bits per heavy atom. The minimum absolute atomic E-state index is 0.0292. The Balaban J connectivity index is 2.34. The van der Waals surface area contributed by atoms with Crippen molar-refractivity contribution >= 4 is 16.4 Å².